The first-order chi connectivity index (χ1) is 13.1. The summed E-state index contributed by atoms with van der Waals surface area (Å²) in [5.41, 5.74) is 2.89. The van der Waals surface area contributed by atoms with Gasteiger partial charge in [0.2, 0.25) is 0 Å². The Labute approximate surface area is 158 Å². The minimum atomic E-state index is -0.773. The highest BCUT2D eigenvalue weighted by Crippen LogP contribution is 2.22. The van der Waals surface area contributed by atoms with Crippen LogP contribution in [0.3, 0.4) is 0 Å². The third kappa shape index (κ3) is 4.97. The van der Waals surface area contributed by atoms with Crippen molar-refractivity contribution in [2.75, 3.05) is 6.54 Å². The largest absolute Gasteiger partial charge is 0.481 e. The highest BCUT2D eigenvalue weighted by atomic mass is 16.4. The smallest absolute Gasteiger partial charge is 0.303 e. The zero-order valence-corrected chi connectivity index (χ0v) is 15.2. The summed E-state index contributed by atoms with van der Waals surface area (Å²) in [5.74, 6) is -0.860. The number of carbonyl (C=O) groups excluding carboxylic acids is 1. The van der Waals surface area contributed by atoms with Crippen molar-refractivity contribution < 1.29 is 14.7 Å². The second-order valence-corrected chi connectivity index (χ2v) is 6.63. The Kier molecular flexibility index (Phi) is 6.26. The Morgan fingerprint density at radius 1 is 0.926 bits per heavy atom. The van der Waals surface area contributed by atoms with Gasteiger partial charge in [-0.2, -0.15) is 0 Å². The normalized spacial score (nSPS) is 10.8. The summed E-state index contributed by atoms with van der Waals surface area (Å²) in [7, 11) is 0. The fourth-order valence-electron chi connectivity index (χ4n) is 3.21. The standard InChI is InChI=1S/C22H24N2O3/c25-21(26)13-5-2-8-14-23-22(27)19-16-24(15-17-9-3-1-4-10-17)20-12-7-6-11-18(19)20/h1,3-4,6-7,9-12,16H,2,5,8,13-15H2,(H,23,27)(H,25,26). The number of benzene rings is 2. The molecule has 1 amide bonds. The number of hydrogen-bond donors (Lipinski definition) is 2. The van der Waals surface area contributed by atoms with E-state index in [4.69, 9.17) is 5.11 Å². The molecule has 0 saturated heterocycles. The zero-order valence-electron chi connectivity index (χ0n) is 15.2. The Morgan fingerprint density at radius 2 is 1.67 bits per heavy atom. The van der Waals surface area contributed by atoms with E-state index in [1.54, 1.807) is 0 Å². The second-order valence-electron chi connectivity index (χ2n) is 6.63. The number of unbranched alkanes of at least 4 members (excludes halogenated alkanes) is 2. The van der Waals surface area contributed by atoms with Gasteiger partial charge in [-0.05, 0) is 24.5 Å². The van der Waals surface area contributed by atoms with Crippen LogP contribution >= 0.6 is 0 Å². The monoisotopic (exact) mass is 364 g/mol. The summed E-state index contributed by atoms with van der Waals surface area (Å²) in [6, 6.07) is 18.1. The van der Waals surface area contributed by atoms with Gasteiger partial charge in [-0.1, -0.05) is 55.0 Å². The lowest BCUT2D eigenvalue weighted by Crippen LogP contribution is -2.24. The number of para-hydroxylation sites is 1. The third-order valence-electron chi connectivity index (χ3n) is 4.58. The first-order valence-electron chi connectivity index (χ1n) is 9.27. The van der Waals surface area contributed by atoms with Crippen molar-refractivity contribution in [3.8, 4) is 0 Å². The number of carboxylic acid groups (broad SMARTS) is 1. The number of carboxylic acids is 1. The van der Waals surface area contributed by atoms with Crippen molar-refractivity contribution in [2.24, 2.45) is 0 Å². The van der Waals surface area contributed by atoms with E-state index in [-0.39, 0.29) is 12.3 Å². The van der Waals surface area contributed by atoms with Gasteiger partial charge in [0.15, 0.2) is 0 Å². The van der Waals surface area contributed by atoms with Crippen molar-refractivity contribution >= 4 is 22.8 Å². The molecule has 5 heteroatoms. The summed E-state index contributed by atoms with van der Waals surface area (Å²) >= 11 is 0. The molecule has 0 radical (unpaired) electrons. The minimum absolute atomic E-state index is 0.0868. The molecule has 2 aromatic carbocycles. The highest BCUT2D eigenvalue weighted by Gasteiger charge is 2.14. The summed E-state index contributed by atoms with van der Waals surface area (Å²) in [5, 5.41) is 12.5. The molecule has 3 rings (SSSR count). The van der Waals surface area contributed by atoms with Crippen LogP contribution in [0.2, 0.25) is 0 Å². The Hall–Kier alpha value is -3.08. The summed E-state index contributed by atoms with van der Waals surface area (Å²) in [6.45, 7) is 1.26. The summed E-state index contributed by atoms with van der Waals surface area (Å²) in [6.07, 6.45) is 4.31. The topological polar surface area (TPSA) is 71.3 Å². The van der Waals surface area contributed by atoms with E-state index in [9.17, 15) is 9.59 Å². The Bertz CT molecular complexity index is 916. The molecule has 0 fully saturated rings. The van der Waals surface area contributed by atoms with Gasteiger partial charge >= 0.3 is 5.97 Å². The van der Waals surface area contributed by atoms with Crippen LogP contribution < -0.4 is 5.32 Å². The van der Waals surface area contributed by atoms with Gasteiger partial charge in [-0.15, -0.1) is 0 Å². The number of hydrogen-bond acceptors (Lipinski definition) is 2. The predicted molar refractivity (Wildman–Crippen MR) is 106 cm³/mol. The van der Waals surface area contributed by atoms with Crippen LogP contribution in [0.5, 0.6) is 0 Å². The second kappa shape index (κ2) is 9.03. The van der Waals surface area contributed by atoms with Crippen molar-refractivity contribution in [1.82, 2.24) is 9.88 Å². The van der Waals surface area contributed by atoms with Gasteiger partial charge < -0.3 is 15.0 Å². The van der Waals surface area contributed by atoms with E-state index >= 15 is 0 Å². The van der Waals surface area contributed by atoms with Crippen LogP contribution in [0.4, 0.5) is 0 Å². The van der Waals surface area contributed by atoms with Gasteiger partial charge in [0.05, 0.1) is 5.56 Å². The summed E-state index contributed by atoms with van der Waals surface area (Å²) < 4.78 is 2.10. The first-order valence-corrected chi connectivity index (χ1v) is 9.27. The number of fused-ring (bicyclic) bond motifs is 1. The summed E-state index contributed by atoms with van der Waals surface area (Å²) in [4.78, 5) is 23.2. The van der Waals surface area contributed by atoms with E-state index in [0.717, 1.165) is 23.7 Å². The van der Waals surface area contributed by atoms with Crippen molar-refractivity contribution in [2.45, 2.75) is 32.2 Å². The first kappa shape index (κ1) is 18.7. The lowest BCUT2D eigenvalue weighted by molar-refractivity contribution is -0.137. The molecule has 0 unspecified atom stereocenters. The maximum absolute atomic E-state index is 12.6. The number of amides is 1. The van der Waals surface area contributed by atoms with Gasteiger partial charge in [-0.25, -0.2) is 0 Å². The maximum Gasteiger partial charge on any atom is 0.303 e. The molecular formula is C22H24N2O3. The Balaban J connectivity index is 1.67. The Morgan fingerprint density at radius 3 is 2.44 bits per heavy atom. The molecule has 0 spiro atoms. The van der Waals surface area contributed by atoms with E-state index in [2.05, 4.69) is 22.0 Å². The van der Waals surface area contributed by atoms with E-state index in [1.165, 1.54) is 5.56 Å². The average Bonchev–Trinajstić information content (AvgIpc) is 3.04. The molecule has 140 valence electrons. The van der Waals surface area contributed by atoms with Crippen LogP contribution in [0.1, 0.15) is 41.6 Å². The van der Waals surface area contributed by atoms with E-state index in [0.29, 0.717) is 25.1 Å². The number of nitrogens with one attached hydrogen (secondary N) is 1. The van der Waals surface area contributed by atoms with Crippen molar-refractivity contribution in [1.29, 1.82) is 0 Å². The van der Waals surface area contributed by atoms with Crippen LogP contribution in [0, 0.1) is 0 Å². The molecule has 27 heavy (non-hydrogen) atoms. The minimum Gasteiger partial charge on any atom is -0.481 e. The average molecular weight is 364 g/mol. The molecule has 0 aliphatic rings. The number of rotatable bonds is 9. The lowest BCUT2D eigenvalue weighted by Gasteiger charge is -2.05. The van der Waals surface area contributed by atoms with E-state index in [1.807, 2.05) is 48.7 Å². The third-order valence-corrected chi connectivity index (χ3v) is 4.58. The van der Waals surface area contributed by atoms with Gasteiger partial charge in [0.1, 0.15) is 0 Å². The molecule has 1 heterocycles. The van der Waals surface area contributed by atoms with Crippen LogP contribution in [-0.2, 0) is 11.3 Å². The SMILES string of the molecule is O=C(O)CCCCCNC(=O)c1cn(Cc2ccccc2)c2ccccc12. The zero-order chi connectivity index (χ0) is 19.1. The molecular weight excluding hydrogens is 340 g/mol. The van der Waals surface area contributed by atoms with Crippen molar-refractivity contribution in [3.63, 3.8) is 0 Å². The molecule has 0 saturated carbocycles. The molecule has 2 N–H and O–H groups in total. The fraction of sp³-hybridized carbons (Fsp3) is 0.273. The number of aromatic nitrogens is 1. The molecule has 5 nitrogen and oxygen atoms in total. The maximum atomic E-state index is 12.6. The quantitative estimate of drug-likeness (QED) is 0.562. The van der Waals surface area contributed by atoms with Crippen LogP contribution in [0.15, 0.2) is 60.8 Å². The van der Waals surface area contributed by atoms with Crippen LogP contribution in [0.25, 0.3) is 10.9 Å². The lowest BCUT2D eigenvalue weighted by atomic mass is 10.1. The van der Waals surface area contributed by atoms with Gasteiger partial charge in [0, 0.05) is 36.6 Å². The molecule has 0 atom stereocenters. The number of nitrogens with zero attached hydrogens (tertiary/aromatic N) is 1. The molecule has 0 bridgehead atoms. The highest BCUT2D eigenvalue weighted by molar-refractivity contribution is 6.07. The van der Waals surface area contributed by atoms with E-state index < -0.39 is 5.97 Å². The molecule has 1 aromatic heterocycles. The molecule has 0 aliphatic carbocycles. The fourth-order valence-corrected chi connectivity index (χ4v) is 3.21. The van der Waals surface area contributed by atoms with Crippen molar-refractivity contribution in [3.05, 3.63) is 71.9 Å². The van der Waals surface area contributed by atoms with Gasteiger partial charge in [-0.3, -0.25) is 9.59 Å². The molecule has 0 aliphatic heterocycles. The predicted octanol–water partition coefficient (Wildman–Crippen LogP) is 4.06. The van der Waals surface area contributed by atoms with Crippen LogP contribution in [-0.4, -0.2) is 28.1 Å². The molecule has 3 aromatic rings. The number of carbonyl (C=O) groups is 2. The number of aliphatic carboxylic acids is 1. The van der Waals surface area contributed by atoms with Gasteiger partial charge in [0.25, 0.3) is 5.91 Å².